The van der Waals surface area contributed by atoms with Gasteiger partial charge in [-0.05, 0) is 38.6 Å². The van der Waals surface area contributed by atoms with Crippen LogP contribution in [0.5, 0.6) is 5.75 Å². The zero-order valence-electron chi connectivity index (χ0n) is 12.0. The molecule has 20 heavy (non-hydrogen) atoms. The Morgan fingerprint density at radius 1 is 1.20 bits per heavy atom. The molecule has 0 bridgehead atoms. The van der Waals surface area contributed by atoms with E-state index in [1.54, 1.807) is 11.3 Å². The topological polar surface area (TPSA) is 21.3 Å². The van der Waals surface area contributed by atoms with E-state index in [0.29, 0.717) is 0 Å². The Labute approximate surface area is 129 Å². The molecule has 4 heteroatoms. The third kappa shape index (κ3) is 3.75. The zero-order valence-corrected chi connectivity index (χ0v) is 13.6. The molecule has 0 spiro atoms. The van der Waals surface area contributed by atoms with Crippen LogP contribution in [0.25, 0.3) is 0 Å². The molecule has 2 aromatic rings. The first kappa shape index (κ1) is 15.4. The summed E-state index contributed by atoms with van der Waals surface area (Å²) < 4.78 is 6.74. The fourth-order valence-electron chi connectivity index (χ4n) is 2.13. The molecule has 0 fully saturated rings. The van der Waals surface area contributed by atoms with Crippen LogP contribution < -0.4 is 10.1 Å². The molecule has 0 saturated carbocycles. The van der Waals surface area contributed by atoms with Gasteiger partial charge in [-0.2, -0.15) is 0 Å². The maximum absolute atomic E-state index is 6.08. The number of halogens is 1. The Hall–Kier alpha value is -1.03. The molecule has 0 saturated heterocycles. The van der Waals surface area contributed by atoms with Crippen molar-refractivity contribution in [2.24, 2.45) is 0 Å². The highest BCUT2D eigenvalue weighted by atomic mass is 35.5. The van der Waals surface area contributed by atoms with Crippen molar-refractivity contribution in [2.45, 2.75) is 32.9 Å². The summed E-state index contributed by atoms with van der Waals surface area (Å²) in [7, 11) is 0. The van der Waals surface area contributed by atoms with Crippen LogP contribution in [0.15, 0.2) is 36.4 Å². The predicted molar refractivity (Wildman–Crippen MR) is 87.1 cm³/mol. The van der Waals surface area contributed by atoms with Gasteiger partial charge in [-0.3, -0.25) is 0 Å². The van der Waals surface area contributed by atoms with Crippen LogP contribution in [0.2, 0.25) is 4.34 Å². The van der Waals surface area contributed by atoms with Gasteiger partial charge in [0.1, 0.15) is 5.75 Å². The second-order valence-corrected chi connectivity index (χ2v) is 6.58. The lowest BCUT2D eigenvalue weighted by Crippen LogP contribution is -2.22. The number of ether oxygens (including phenoxy) is 1. The minimum absolute atomic E-state index is 0.118. The molecule has 0 radical (unpaired) electrons. The van der Waals surface area contributed by atoms with E-state index < -0.39 is 0 Å². The van der Waals surface area contributed by atoms with Gasteiger partial charge < -0.3 is 10.1 Å². The molecular weight excluding hydrogens is 290 g/mol. The molecule has 0 aliphatic carbocycles. The van der Waals surface area contributed by atoms with Crippen molar-refractivity contribution in [1.29, 1.82) is 0 Å². The van der Waals surface area contributed by atoms with Gasteiger partial charge in [0.25, 0.3) is 0 Å². The van der Waals surface area contributed by atoms with E-state index in [2.05, 4.69) is 24.4 Å². The molecular formula is C16H20ClNOS. The highest BCUT2D eigenvalue weighted by molar-refractivity contribution is 7.16. The van der Waals surface area contributed by atoms with E-state index in [1.165, 1.54) is 4.88 Å². The monoisotopic (exact) mass is 309 g/mol. The molecule has 1 unspecified atom stereocenters. The smallest absolute Gasteiger partial charge is 0.124 e. The van der Waals surface area contributed by atoms with Crippen LogP contribution in [0.3, 0.4) is 0 Å². The highest BCUT2D eigenvalue weighted by Gasteiger charge is 2.19. The summed E-state index contributed by atoms with van der Waals surface area (Å²) in [5.74, 6) is 0.929. The largest absolute Gasteiger partial charge is 0.491 e. The average molecular weight is 310 g/mol. The quantitative estimate of drug-likeness (QED) is 0.820. The summed E-state index contributed by atoms with van der Waals surface area (Å²) >= 11 is 7.68. The van der Waals surface area contributed by atoms with E-state index in [9.17, 15) is 0 Å². The molecule has 0 aliphatic heterocycles. The van der Waals surface area contributed by atoms with E-state index >= 15 is 0 Å². The first-order valence-electron chi connectivity index (χ1n) is 6.86. The molecule has 1 atom stereocenters. The number of benzene rings is 1. The molecule has 0 aliphatic rings. The SMILES string of the molecule is CCNC(c1ccc(Cl)s1)c1ccccc1OC(C)C. The number of hydrogen-bond acceptors (Lipinski definition) is 3. The van der Waals surface area contributed by atoms with Crippen LogP contribution in [0.4, 0.5) is 0 Å². The standard InChI is InChI=1S/C16H20ClNOS/c1-4-18-16(14-9-10-15(17)20-14)12-7-5-6-8-13(12)19-11(2)3/h5-11,16,18H,4H2,1-3H3. The van der Waals surface area contributed by atoms with Gasteiger partial charge in [-0.15, -0.1) is 11.3 Å². The summed E-state index contributed by atoms with van der Waals surface area (Å²) in [6.07, 6.45) is 0.158. The Morgan fingerprint density at radius 3 is 2.55 bits per heavy atom. The van der Waals surface area contributed by atoms with Crippen LogP contribution in [0.1, 0.15) is 37.3 Å². The van der Waals surface area contributed by atoms with E-state index in [0.717, 1.165) is 22.2 Å². The number of thiophene rings is 1. The maximum atomic E-state index is 6.08. The van der Waals surface area contributed by atoms with E-state index in [-0.39, 0.29) is 12.1 Å². The van der Waals surface area contributed by atoms with Crippen molar-refractivity contribution in [2.75, 3.05) is 6.54 Å². The fourth-order valence-corrected chi connectivity index (χ4v) is 3.29. The summed E-state index contributed by atoms with van der Waals surface area (Å²) in [6, 6.07) is 12.3. The normalized spacial score (nSPS) is 12.7. The number of para-hydroxylation sites is 1. The Morgan fingerprint density at radius 2 is 1.95 bits per heavy atom. The predicted octanol–water partition coefficient (Wildman–Crippen LogP) is 4.89. The summed E-state index contributed by atoms with van der Waals surface area (Å²) in [5, 5.41) is 3.51. The molecule has 0 amide bonds. The number of rotatable bonds is 6. The van der Waals surface area contributed by atoms with Gasteiger partial charge in [-0.25, -0.2) is 0 Å². The molecule has 2 rings (SSSR count). The minimum atomic E-state index is 0.118. The van der Waals surface area contributed by atoms with Crippen molar-refractivity contribution >= 4 is 22.9 Å². The van der Waals surface area contributed by atoms with Crippen molar-refractivity contribution in [3.8, 4) is 5.75 Å². The first-order valence-corrected chi connectivity index (χ1v) is 8.05. The second kappa shape index (κ2) is 7.11. The molecule has 1 heterocycles. The van der Waals surface area contributed by atoms with Gasteiger partial charge in [0.05, 0.1) is 16.5 Å². The van der Waals surface area contributed by atoms with Crippen molar-refractivity contribution in [3.63, 3.8) is 0 Å². The van der Waals surface area contributed by atoms with Crippen LogP contribution in [-0.4, -0.2) is 12.6 Å². The van der Waals surface area contributed by atoms with Gasteiger partial charge in [0.15, 0.2) is 0 Å². The molecule has 1 aromatic heterocycles. The van der Waals surface area contributed by atoms with Crippen molar-refractivity contribution in [1.82, 2.24) is 5.32 Å². The summed E-state index contributed by atoms with van der Waals surface area (Å²) in [5.41, 5.74) is 1.15. The van der Waals surface area contributed by atoms with Gasteiger partial charge >= 0.3 is 0 Å². The van der Waals surface area contributed by atoms with Crippen LogP contribution in [0, 0.1) is 0 Å². The fraction of sp³-hybridized carbons (Fsp3) is 0.375. The minimum Gasteiger partial charge on any atom is -0.491 e. The third-order valence-electron chi connectivity index (χ3n) is 2.88. The van der Waals surface area contributed by atoms with Crippen LogP contribution >= 0.6 is 22.9 Å². The maximum Gasteiger partial charge on any atom is 0.124 e. The van der Waals surface area contributed by atoms with Crippen LogP contribution in [-0.2, 0) is 0 Å². The first-order chi connectivity index (χ1) is 9.61. The van der Waals surface area contributed by atoms with E-state index in [4.69, 9.17) is 16.3 Å². The van der Waals surface area contributed by atoms with Gasteiger partial charge in [0, 0.05) is 10.4 Å². The molecule has 2 nitrogen and oxygen atoms in total. The lowest BCUT2D eigenvalue weighted by Gasteiger charge is -2.21. The lowest BCUT2D eigenvalue weighted by atomic mass is 10.0. The summed E-state index contributed by atoms with van der Waals surface area (Å²) in [6.45, 7) is 7.08. The van der Waals surface area contributed by atoms with Gasteiger partial charge in [0.2, 0.25) is 0 Å². The molecule has 108 valence electrons. The number of hydrogen-bond donors (Lipinski definition) is 1. The third-order valence-corrected chi connectivity index (χ3v) is 4.18. The Kier molecular flexibility index (Phi) is 5.46. The lowest BCUT2D eigenvalue weighted by molar-refractivity contribution is 0.238. The van der Waals surface area contributed by atoms with Gasteiger partial charge in [-0.1, -0.05) is 36.7 Å². The zero-order chi connectivity index (χ0) is 14.5. The average Bonchev–Trinajstić information content (AvgIpc) is 2.83. The molecule has 1 N–H and O–H groups in total. The number of nitrogens with one attached hydrogen (secondary N) is 1. The van der Waals surface area contributed by atoms with Crippen molar-refractivity contribution < 1.29 is 4.74 Å². The summed E-state index contributed by atoms with van der Waals surface area (Å²) in [4.78, 5) is 1.21. The van der Waals surface area contributed by atoms with Crippen molar-refractivity contribution in [3.05, 3.63) is 51.2 Å². The van der Waals surface area contributed by atoms with E-state index in [1.807, 2.05) is 38.1 Å². The Bertz CT molecular complexity index is 553. The Balaban J connectivity index is 2.38. The second-order valence-electron chi connectivity index (χ2n) is 4.84. The molecule has 1 aromatic carbocycles. The highest BCUT2D eigenvalue weighted by Crippen LogP contribution is 2.35.